The molecule has 22 heavy (non-hydrogen) atoms. The van der Waals surface area contributed by atoms with Gasteiger partial charge in [0.2, 0.25) is 0 Å². The van der Waals surface area contributed by atoms with E-state index >= 15 is 0 Å². The van der Waals surface area contributed by atoms with Gasteiger partial charge in [0.1, 0.15) is 18.3 Å². The van der Waals surface area contributed by atoms with E-state index < -0.39 is 0 Å². The molecule has 0 bridgehead atoms. The highest BCUT2D eigenvalue weighted by Gasteiger charge is 2.57. The average Bonchev–Trinajstić information content (AvgIpc) is 2.56. The van der Waals surface area contributed by atoms with Crippen LogP contribution in [-0.2, 0) is 5.54 Å². The Labute approximate surface area is 135 Å². The van der Waals surface area contributed by atoms with Crippen LogP contribution in [0.25, 0.3) is 0 Å². The second kappa shape index (κ2) is 5.66. The Morgan fingerprint density at radius 3 is 2.23 bits per heavy atom. The molecule has 0 amide bonds. The second-order valence-electron chi connectivity index (χ2n) is 7.81. The third kappa shape index (κ3) is 2.25. The van der Waals surface area contributed by atoms with Crippen LogP contribution in [0.3, 0.4) is 0 Å². The first-order chi connectivity index (χ1) is 10.5. The SMILES string of the molecule is CC(C)(C)[N+]1(C2(c3ccccc3)CCCCC2)C=CN=CC1. The minimum Gasteiger partial charge on any atom is -0.279 e. The van der Waals surface area contributed by atoms with Crippen LogP contribution < -0.4 is 0 Å². The third-order valence-electron chi connectivity index (χ3n) is 5.83. The molecule has 2 nitrogen and oxygen atoms in total. The summed E-state index contributed by atoms with van der Waals surface area (Å²) in [5.74, 6) is 0. The monoisotopic (exact) mass is 297 g/mol. The maximum atomic E-state index is 4.38. The fourth-order valence-electron chi connectivity index (χ4n) is 4.71. The molecule has 1 saturated carbocycles. The zero-order valence-electron chi connectivity index (χ0n) is 14.3. The predicted molar refractivity (Wildman–Crippen MR) is 93.7 cm³/mol. The second-order valence-corrected chi connectivity index (χ2v) is 7.81. The van der Waals surface area contributed by atoms with E-state index in [4.69, 9.17) is 0 Å². The zero-order valence-corrected chi connectivity index (χ0v) is 14.3. The van der Waals surface area contributed by atoms with Crippen LogP contribution >= 0.6 is 0 Å². The first-order valence-electron chi connectivity index (χ1n) is 8.65. The zero-order chi connectivity index (χ0) is 15.7. The number of nitrogens with zero attached hydrogens (tertiary/aromatic N) is 2. The van der Waals surface area contributed by atoms with E-state index in [1.54, 1.807) is 0 Å². The minimum absolute atomic E-state index is 0.149. The van der Waals surface area contributed by atoms with Gasteiger partial charge in [0.25, 0.3) is 0 Å². The minimum atomic E-state index is 0.149. The number of aliphatic imine (C=N–C) groups is 1. The fraction of sp³-hybridized carbons (Fsp3) is 0.550. The molecule has 0 spiro atoms. The van der Waals surface area contributed by atoms with Gasteiger partial charge in [0, 0.05) is 18.4 Å². The molecule has 3 rings (SSSR count). The predicted octanol–water partition coefficient (Wildman–Crippen LogP) is 5.02. The summed E-state index contributed by atoms with van der Waals surface area (Å²) in [7, 11) is 0. The molecule has 0 aromatic heterocycles. The normalized spacial score (nSPS) is 27.8. The van der Waals surface area contributed by atoms with Crippen molar-refractivity contribution in [3.05, 3.63) is 48.3 Å². The molecular weight excluding hydrogens is 268 g/mol. The highest BCUT2D eigenvalue weighted by atomic mass is 15.4. The van der Waals surface area contributed by atoms with Gasteiger partial charge in [-0.25, -0.2) is 0 Å². The molecular formula is C20H29N2+. The lowest BCUT2D eigenvalue weighted by atomic mass is 9.71. The maximum absolute atomic E-state index is 4.38. The van der Waals surface area contributed by atoms with E-state index in [1.165, 1.54) is 37.7 Å². The van der Waals surface area contributed by atoms with Crippen molar-refractivity contribution in [2.24, 2.45) is 4.99 Å². The van der Waals surface area contributed by atoms with Gasteiger partial charge in [0.05, 0.1) is 18.0 Å². The van der Waals surface area contributed by atoms with Crippen LogP contribution in [0.15, 0.2) is 47.7 Å². The van der Waals surface area contributed by atoms with E-state index in [9.17, 15) is 0 Å². The van der Waals surface area contributed by atoms with Crippen LogP contribution in [0.1, 0.15) is 58.4 Å². The summed E-state index contributed by atoms with van der Waals surface area (Å²) in [5.41, 5.74) is 1.83. The smallest absolute Gasteiger partial charge is 0.130 e. The number of rotatable bonds is 2. The molecule has 1 atom stereocenters. The van der Waals surface area contributed by atoms with Crippen molar-refractivity contribution < 1.29 is 4.48 Å². The lowest BCUT2D eigenvalue weighted by Gasteiger charge is -2.59. The lowest BCUT2D eigenvalue weighted by Crippen LogP contribution is -2.69. The third-order valence-corrected chi connectivity index (χ3v) is 5.83. The summed E-state index contributed by atoms with van der Waals surface area (Å²) in [6.07, 6.45) is 13.1. The fourth-order valence-corrected chi connectivity index (χ4v) is 4.71. The van der Waals surface area contributed by atoms with Crippen molar-refractivity contribution in [3.63, 3.8) is 0 Å². The molecule has 1 aromatic rings. The first kappa shape index (κ1) is 15.5. The van der Waals surface area contributed by atoms with Crippen LogP contribution in [-0.4, -0.2) is 22.8 Å². The first-order valence-corrected chi connectivity index (χ1v) is 8.65. The van der Waals surface area contributed by atoms with E-state index in [-0.39, 0.29) is 11.1 Å². The largest absolute Gasteiger partial charge is 0.279 e. The van der Waals surface area contributed by atoms with Crippen molar-refractivity contribution in [1.29, 1.82) is 0 Å². The van der Waals surface area contributed by atoms with E-state index in [0.29, 0.717) is 0 Å². The van der Waals surface area contributed by atoms with E-state index in [1.807, 2.05) is 6.20 Å². The number of hydrogen-bond donors (Lipinski definition) is 0. The summed E-state index contributed by atoms with van der Waals surface area (Å²) < 4.78 is 0.994. The molecule has 0 saturated heterocycles. The summed E-state index contributed by atoms with van der Waals surface area (Å²) in [5, 5.41) is 0. The van der Waals surface area contributed by atoms with Gasteiger partial charge in [-0.1, -0.05) is 36.8 Å². The summed E-state index contributed by atoms with van der Waals surface area (Å²) in [4.78, 5) is 4.38. The van der Waals surface area contributed by atoms with E-state index in [2.05, 4.69) is 68.5 Å². The van der Waals surface area contributed by atoms with Gasteiger partial charge < -0.3 is 0 Å². The molecule has 1 unspecified atom stereocenters. The Kier molecular flexibility index (Phi) is 3.98. The van der Waals surface area contributed by atoms with Crippen LogP contribution in [0.2, 0.25) is 0 Å². The molecule has 1 heterocycles. The molecule has 1 aliphatic heterocycles. The molecule has 2 heteroatoms. The van der Waals surface area contributed by atoms with Crippen molar-refractivity contribution in [3.8, 4) is 0 Å². The van der Waals surface area contributed by atoms with Gasteiger partial charge in [-0.15, -0.1) is 0 Å². The van der Waals surface area contributed by atoms with Gasteiger partial charge in [-0.3, -0.25) is 9.48 Å². The highest BCUT2D eigenvalue weighted by molar-refractivity contribution is 5.60. The topological polar surface area (TPSA) is 12.4 Å². The maximum Gasteiger partial charge on any atom is 0.130 e. The van der Waals surface area contributed by atoms with Gasteiger partial charge in [-0.2, -0.15) is 0 Å². The molecule has 1 aromatic carbocycles. The van der Waals surface area contributed by atoms with Gasteiger partial charge in [-0.05, 0) is 33.6 Å². The van der Waals surface area contributed by atoms with Crippen LogP contribution in [0, 0.1) is 0 Å². The van der Waals surface area contributed by atoms with E-state index in [0.717, 1.165) is 11.0 Å². The Bertz CT molecular complexity index is 559. The van der Waals surface area contributed by atoms with Crippen LogP contribution in [0.4, 0.5) is 0 Å². The van der Waals surface area contributed by atoms with Crippen molar-refractivity contribution in [2.45, 2.75) is 64.0 Å². The number of benzene rings is 1. The van der Waals surface area contributed by atoms with Crippen molar-refractivity contribution in [2.75, 3.05) is 6.54 Å². The molecule has 0 radical (unpaired) electrons. The van der Waals surface area contributed by atoms with Gasteiger partial charge in [0.15, 0.2) is 0 Å². The number of hydrogen-bond acceptors (Lipinski definition) is 1. The molecule has 1 aliphatic carbocycles. The molecule has 1 fully saturated rings. The Balaban J connectivity index is 2.19. The summed E-state index contributed by atoms with van der Waals surface area (Å²) >= 11 is 0. The Morgan fingerprint density at radius 2 is 1.68 bits per heavy atom. The standard InChI is InChI=1S/C20H29N2/c1-19(2,3)22(16-14-21-15-17-22)20(12-8-5-9-13-20)18-10-6-4-7-11-18/h4,6-7,10-11,14-16H,5,8-9,12-13,17H2,1-3H3/q+1. The average molecular weight is 297 g/mol. The Morgan fingerprint density at radius 1 is 1.00 bits per heavy atom. The van der Waals surface area contributed by atoms with Crippen molar-refractivity contribution in [1.82, 2.24) is 0 Å². The highest BCUT2D eigenvalue weighted by Crippen LogP contribution is 2.51. The number of quaternary nitrogens is 1. The van der Waals surface area contributed by atoms with Gasteiger partial charge >= 0.3 is 0 Å². The molecule has 2 aliphatic rings. The molecule has 118 valence electrons. The molecule has 0 N–H and O–H groups in total. The quantitative estimate of drug-likeness (QED) is 0.680. The summed E-state index contributed by atoms with van der Waals surface area (Å²) in [6, 6.07) is 11.2. The Hall–Kier alpha value is -1.41. The lowest BCUT2D eigenvalue weighted by molar-refractivity contribution is -0.975. The van der Waals surface area contributed by atoms with Crippen LogP contribution in [0.5, 0.6) is 0 Å². The summed E-state index contributed by atoms with van der Waals surface area (Å²) in [6.45, 7) is 8.15. The van der Waals surface area contributed by atoms with Crippen molar-refractivity contribution >= 4 is 6.21 Å².